The van der Waals surface area contributed by atoms with Crippen LogP contribution in [0.5, 0.6) is 0 Å². The minimum absolute atomic E-state index is 0.0158. The first-order valence-corrected chi connectivity index (χ1v) is 20.2. The third-order valence-electron chi connectivity index (χ3n) is 14.0. The molecule has 0 aromatic heterocycles. The molecule has 0 radical (unpaired) electrons. The minimum Gasteiger partial charge on any atom is -0.392 e. The summed E-state index contributed by atoms with van der Waals surface area (Å²) in [6, 6.07) is 0. The van der Waals surface area contributed by atoms with Crippen molar-refractivity contribution >= 4 is 5.78 Å². The lowest BCUT2D eigenvalue weighted by Crippen LogP contribution is -2.61. The van der Waals surface area contributed by atoms with Crippen molar-refractivity contribution in [3.63, 3.8) is 0 Å². The summed E-state index contributed by atoms with van der Waals surface area (Å²) in [6.45, 7) is 11.3. The van der Waals surface area contributed by atoms with Crippen LogP contribution in [-0.4, -0.2) is 128 Å². The van der Waals surface area contributed by atoms with Gasteiger partial charge in [-0.05, 0) is 62.0 Å². The average Bonchev–Trinajstić information content (AvgIpc) is 3.79. The molecular formula is C40H59NO11. The van der Waals surface area contributed by atoms with Crippen molar-refractivity contribution in [2.45, 2.75) is 194 Å². The second-order valence-electron chi connectivity index (χ2n) is 17.4. The van der Waals surface area contributed by atoms with Gasteiger partial charge in [0, 0.05) is 58.1 Å². The number of Topliss-reactive ketones (excluding diaryl/α,β-unsaturated/α-hetero) is 1. The number of aliphatic hydroxyl groups is 1. The van der Waals surface area contributed by atoms with Crippen molar-refractivity contribution in [1.29, 1.82) is 0 Å². The second kappa shape index (κ2) is 14.3. The Morgan fingerprint density at radius 2 is 1.56 bits per heavy atom. The van der Waals surface area contributed by atoms with Crippen molar-refractivity contribution < 1.29 is 52.5 Å². The summed E-state index contributed by atoms with van der Waals surface area (Å²) in [5.74, 6) is -0.619. The Morgan fingerprint density at radius 1 is 0.808 bits per heavy atom. The third-order valence-corrected chi connectivity index (χ3v) is 14.0. The Hall–Kier alpha value is -1.29. The van der Waals surface area contributed by atoms with E-state index in [0.717, 1.165) is 56.1 Å². The molecule has 3 N–H and O–H groups in total. The van der Waals surface area contributed by atoms with Crippen molar-refractivity contribution in [2.75, 3.05) is 13.7 Å². The number of carbonyl (C=O) groups is 1. The van der Waals surface area contributed by atoms with Gasteiger partial charge in [0.1, 0.15) is 36.3 Å². The van der Waals surface area contributed by atoms with E-state index < -0.39 is 18.0 Å². The quantitative estimate of drug-likeness (QED) is 0.409. The zero-order valence-electron chi connectivity index (χ0n) is 30.8. The van der Waals surface area contributed by atoms with Crippen molar-refractivity contribution in [2.24, 2.45) is 17.6 Å². The van der Waals surface area contributed by atoms with Gasteiger partial charge in [-0.1, -0.05) is 20.1 Å². The first kappa shape index (κ1) is 36.4. The maximum atomic E-state index is 14.1. The van der Waals surface area contributed by atoms with Crippen LogP contribution in [0.4, 0.5) is 0 Å². The topological polar surface area (TPSA) is 146 Å². The lowest BCUT2D eigenvalue weighted by atomic mass is 9.81. The fraction of sp³-hybridized carbons (Fsp3) is 0.875. The van der Waals surface area contributed by atoms with Crippen molar-refractivity contribution in [1.82, 2.24) is 0 Å². The molecule has 0 aromatic carbocycles. The first-order chi connectivity index (χ1) is 25.1. The lowest BCUT2D eigenvalue weighted by Gasteiger charge is -2.47. The highest BCUT2D eigenvalue weighted by Crippen LogP contribution is 2.54. The second-order valence-corrected chi connectivity index (χ2v) is 17.4. The molecule has 1 spiro atoms. The van der Waals surface area contributed by atoms with Crippen LogP contribution in [0.25, 0.3) is 0 Å². The van der Waals surface area contributed by atoms with Crippen LogP contribution >= 0.6 is 0 Å². The van der Waals surface area contributed by atoms with E-state index in [1.54, 1.807) is 7.11 Å². The smallest absolute Gasteiger partial charge is 0.172 e. The van der Waals surface area contributed by atoms with Crippen molar-refractivity contribution in [3.05, 3.63) is 24.3 Å². The zero-order chi connectivity index (χ0) is 35.9. The summed E-state index contributed by atoms with van der Waals surface area (Å²) in [5, 5.41) is 10.5. The van der Waals surface area contributed by atoms with Gasteiger partial charge in [0.05, 0.1) is 67.1 Å². The molecule has 10 fully saturated rings. The van der Waals surface area contributed by atoms with E-state index in [2.05, 4.69) is 20.1 Å². The Balaban J connectivity index is 0.994. The van der Waals surface area contributed by atoms with Gasteiger partial charge in [0.15, 0.2) is 5.79 Å². The Kier molecular flexibility index (Phi) is 10.0. The van der Waals surface area contributed by atoms with E-state index >= 15 is 0 Å². The summed E-state index contributed by atoms with van der Waals surface area (Å²) < 4.78 is 60.0. The van der Waals surface area contributed by atoms with Crippen LogP contribution in [0.1, 0.15) is 90.4 Å². The Morgan fingerprint density at radius 3 is 2.38 bits per heavy atom. The Bertz CT molecular complexity index is 1380. The SMILES string of the molecule is C=C1C2C[C@@H]3OC(C[C@H](O)CN)[C@H](OC)C3CC(=O)CC3CC[C@@H]4O[C@@H]5[C@H]6O[C@@H]7C[C@](CC[C@H]8CC(=C)[C@H](CCC(C[C@H]1C)O2)O8)(O[C@H]6[C@H]4O3)O[C@H]57. The molecule has 0 aliphatic carbocycles. The summed E-state index contributed by atoms with van der Waals surface area (Å²) in [7, 11) is 1.66. The normalized spacial score (nSPS) is 52.4. The first-order valence-electron chi connectivity index (χ1n) is 20.2. The molecule has 0 saturated carbocycles. The number of nitrogens with two attached hydrogens (primary N) is 1. The monoisotopic (exact) mass is 729 g/mol. The molecule has 52 heavy (non-hydrogen) atoms. The van der Waals surface area contributed by atoms with Crippen LogP contribution in [0.2, 0.25) is 0 Å². The number of ketones is 1. The molecule has 290 valence electrons. The maximum absolute atomic E-state index is 14.1. The van der Waals surface area contributed by atoms with Gasteiger partial charge in [-0.25, -0.2) is 0 Å². The number of carbonyl (C=O) groups excluding carboxylic acids is 1. The molecule has 10 aliphatic rings. The molecular weight excluding hydrogens is 670 g/mol. The zero-order valence-corrected chi connectivity index (χ0v) is 30.8. The fourth-order valence-corrected chi connectivity index (χ4v) is 11.3. The molecule has 10 saturated heterocycles. The fourth-order valence-electron chi connectivity index (χ4n) is 11.3. The van der Waals surface area contributed by atoms with Gasteiger partial charge in [0.2, 0.25) is 0 Å². The van der Waals surface area contributed by atoms with Gasteiger partial charge < -0.3 is 53.5 Å². The van der Waals surface area contributed by atoms with Crippen LogP contribution < -0.4 is 5.73 Å². The standard InChI is InChI=1S/C40H59NO11/c1-19-11-24-5-7-28-20(2)12-26(45-28)9-10-40-17-33-36(51-40)37-38(50-33)39(52-40)35-29(49-37)8-6-25(47-35)13-22(42)14-27-31(16-30(46-24)21(19)3)48-32(34(27)44-4)15-23(43)18-41/h19,23-39,43H,2-3,5-18,41H2,1,4H3/t19-,23+,24?,25?,26+,27?,28+,29+,30?,31+,32?,33-,34-,35+,36+,37+,38-,39+,40+/m1/s1. The number of hydrogen-bond acceptors (Lipinski definition) is 12. The molecule has 19 atom stereocenters. The van der Waals surface area contributed by atoms with Gasteiger partial charge in [-0.3, -0.25) is 4.79 Å². The number of methoxy groups -OCH3 is 1. The number of fused-ring (bicyclic) bond motifs is 6. The predicted octanol–water partition coefficient (Wildman–Crippen LogP) is 3.44. The molecule has 12 nitrogen and oxygen atoms in total. The van der Waals surface area contributed by atoms with Crippen LogP contribution in [0.3, 0.4) is 0 Å². The van der Waals surface area contributed by atoms with E-state index in [4.69, 9.17) is 48.4 Å². The molecule has 10 rings (SSSR count). The number of hydrogen-bond donors (Lipinski definition) is 2. The van der Waals surface area contributed by atoms with Gasteiger partial charge in [0.25, 0.3) is 0 Å². The predicted molar refractivity (Wildman–Crippen MR) is 186 cm³/mol. The molecule has 0 amide bonds. The van der Waals surface area contributed by atoms with E-state index in [-0.39, 0.29) is 122 Å². The third kappa shape index (κ3) is 6.59. The highest BCUT2D eigenvalue weighted by molar-refractivity contribution is 5.79. The van der Waals surface area contributed by atoms with Crippen LogP contribution in [-0.2, 0) is 47.4 Å². The molecule has 0 aromatic rings. The van der Waals surface area contributed by atoms with Crippen LogP contribution in [0, 0.1) is 11.8 Å². The number of rotatable bonds is 4. The van der Waals surface area contributed by atoms with Gasteiger partial charge >= 0.3 is 0 Å². The van der Waals surface area contributed by atoms with Gasteiger partial charge in [-0.15, -0.1) is 0 Å². The van der Waals surface area contributed by atoms with Crippen LogP contribution in [0.15, 0.2) is 24.3 Å². The van der Waals surface area contributed by atoms with E-state index in [1.165, 1.54) is 0 Å². The number of aliphatic hydroxyl groups excluding tert-OH is 1. The molecule has 12 bridgehead atoms. The molecule has 10 aliphatic heterocycles. The highest BCUT2D eigenvalue weighted by Gasteiger charge is 2.68. The minimum atomic E-state index is -0.780. The average molecular weight is 730 g/mol. The molecule has 10 heterocycles. The summed E-state index contributed by atoms with van der Waals surface area (Å²) >= 11 is 0. The Labute approximate surface area is 307 Å². The molecule has 12 heteroatoms. The van der Waals surface area contributed by atoms with Gasteiger partial charge in [-0.2, -0.15) is 0 Å². The van der Waals surface area contributed by atoms with E-state index in [1.807, 2.05) is 0 Å². The van der Waals surface area contributed by atoms with Crippen molar-refractivity contribution in [3.8, 4) is 0 Å². The van der Waals surface area contributed by atoms with E-state index in [9.17, 15) is 9.90 Å². The largest absolute Gasteiger partial charge is 0.392 e. The summed E-state index contributed by atoms with van der Waals surface area (Å²) in [5.41, 5.74) is 8.01. The molecule has 5 unspecified atom stereocenters. The number of ether oxygens (including phenoxy) is 9. The highest BCUT2D eigenvalue weighted by atomic mass is 16.8. The lowest BCUT2D eigenvalue weighted by molar-refractivity contribution is -0.292. The van der Waals surface area contributed by atoms with E-state index in [0.29, 0.717) is 25.7 Å². The summed E-state index contributed by atoms with van der Waals surface area (Å²) in [4.78, 5) is 14.1. The summed E-state index contributed by atoms with van der Waals surface area (Å²) in [6.07, 6.45) is 4.85. The maximum Gasteiger partial charge on any atom is 0.172 e.